The fourth-order valence-corrected chi connectivity index (χ4v) is 3.30. The Hall–Kier alpha value is -3.80. The Labute approximate surface area is 174 Å². The molecule has 0 aliphatic carbocycles. The Morgan fingerprint density at radius 2 is 1.73 bits per heavy atom. The molecule has 0 atom stereocenters. The van der Waals surface area contributed by atoms with E-state index in [0.29, 0.717) is 27.9 Å². The third kappa shape index (κ3) is 3.98. The molecule has 0 fully saturated rings. The Morgan fingerprint density at radius 1 is 1.00 bits per heavy atom. The number of benzene rings is 2. The number of hydrogen-bond donors (Lipinski definition) is 1. The lowest BCUT2D eigenvalue weighted by molar-refractivity contribution is 0.101. The minimum Gasteiger partial charge on any atom is -0.267 e. The number of aromatic nitrogens is 3. The number of carbonyl (C=O) groups is 1. The molecule has 0 saturated heterocycles. The molecule has 0 saturated carbocycles. The van der Waals surface area contributed by atoms with Crippen molar-refractivity contribution in [2.75, 3.05) is 5.43 Å². The highest BCUT2D eigenvalue weighted by atomic mass is 16.2. The molecule has 0 aliphatic rings. The number of pyridine rings is 1. The van der Waals surface area contributed by atoms with Crippen molar-refractivity contribution in [1.29, 1.82) is 0 Å². The second-order valence-electron chi connectivity index (χ2n) is 7.07. The molecule has 0 spiro atoms. The van der Waals surface area contributed by atoms with Crippen LogP contribution in [0, 0.1) is 0 Å². The van der Waals surface area contributed by atoms with Gasteiger partial charge in [0.2, 0.25) is 0 Å². The van der Waals surface area contributed by atoms with Crippen molar-refractivity contribution in [3.8, 4) is 11.4 Å². The van der Waals surface area contributed by atoms with E-state index in [-0.39, 0.29) is 11.5 Å². The number of para-hydroxylation sites is 1. The molecule has 1 N–H and O–H groups in total. The monoisotopic (exact) mass is 398 g/mol. The van der Waals surface area contributed by atoms with Gasteiger partial charge >= 0.3 is 0 Å². The highest BCUT2D eigenvalue weighted by molar-refractivity contribution is 6.00. The largest absolute Gasteiger partial charge is 0.280 e. The van der Waals surface area contributed by atoms with E-state index < -0.39 is 0 Å². The molecule has 2 aromatic heterocycles. The van der Waals surface area contributed by atoms with Gasteiger partial charge in [-0.05, 0) is 54.8 Å². The number of fused-ring (bicyclic) bond motifs is 1. The van der Waals surface area contributed by atoms with Gasteiger partial charge in [0, 0.05) is 23.5 Å². The molecule has 4 rings (SSSR count). The third-order valence-electron chi connectivity index (χ3n) is 4.96. The van der Waals surface area contributed by atoms with Gasteiger partial charge in [0.05, 0.1) is 10.9 Å². The number of nitrogens with one attached hydrogen (secondary N) is 1. The molecule has 1 amide bonds. The van der Waals surface area contributed by atoms with Gasteiger partial charge in [-0.1, -0.05) is 37.6 Å². The van der Waals surface area contributed by atoms with Gasteiger partial charge in [-0.25, -0.2) is 4.98 Å². The second-order valence-corrected chi connectivity index (χ2v) is 7.07. The normalized spacial score (nSPS) is 10.8. The van der Waals surface area contributed by atoms with Crippen LogP contribution < -0.4 is 11.0 Å². The lowest BCUT2D eigenvalue weighted by atomic mass is 10.1. The number of carbonyl (C=O) groups excluding carboxylic acids is 1. The van der Waals surface area contributed by atoms with Crippen molar-refractivity contribution in [3.05, 3.63) is 94.5 Å². The maximum absolute atomic E-state index is 13.2. The number of nitrogens with zero attached hydrogens (tertiary/aromatic N) is 3. The van der Waals surface area contributed by atoms with Crippen LogP contribution >= 0.6 is 0 Å². The Morgan fingerprint density at radius 3 is 2.47 bits per heavy atom. The first kappa shape index (κ1) is 19.5. The molecule has 2 aromatic carbocycles. The first-order valence-corrected chi connectivity index (χ1v) is 10.00. The van der Waals surface area contributed by atoms with Crippen LogP contribution in [0.1, 0.15) is 35.7 Å². The van der Waals surface area contributed by atoms with E-state index in [4.69, 9.17) is 0 Å². The van der Waals surface area contributed by atoms with Gasteiger partial charge < -0.3 is 0 Å². The summed E-state index contributed by atoms with van der Waals surface area (Å²) in [7, 11) is 0. The van der Waals surface area contributed by atoms with E-state index in [1.54, 1.807) is 54.9 Å². The Kier molecular flexibility index (Phi) is 5.66. The van der Waals surface area contributed by atoms with E-state index >= 15 is 0 Å². The van der Waals surface area contributed by atoms with Crippen LogP contribution in [0.25, 0.3) is 22.3 Å². The summed E-state index contributed by atoms with van der Waals surface area (Å²) in [4.78, 5) is 34.7. The zero-order valence-corrected chi connectivity index (χ0v) is 16.7. The van der Waals surface area contributed by atoms with E-state index in [1.165, 1.54) is 10.2 Å². The molecule has 6 heteroatoms. The molecule has 0 bridgehead atoms. The summed E-state index contributed by atoms with van der Waals surface area (Å²) in [5, 5.41) is 0.436. The van der Waals surface area contributed by atoms with Crippen molar-refractivity contribution in [2.24, 2.45) is 0 Å². The van der Waals surface area contributed by atoms with Crippen LogP contribution in [-0.2, 0) is 6.42 Å². The number of rotatable bonds is 6. The summed E-state index contributed by atoms with van der Waals surface area (Å²) >= 11 is 0. The maximum Gasteiger partial charge on any atom is 0.280 e. The molecule has 6 nitrogen and oxygen atoms in total. The zero-order chi connectivity index (χ0) is 20.9. The highest BCUT2D eigenvalue weighted by Gasteiger charge is 2.16. The molecule has 0 unspecified atom stereocenters. The van der Waals surface area contributed by atoms with E-state index in [2.05, 4.69) is 22.3 Å². The van der Waals surface area contributed by atoms with Crippen LogP contribution in [0.15, 0.2) is 77.9 Å². The molecule has 30 heavy (non-hydrogen) atoms. The summed E-state index contributed by atoms with van der Waals surface area (Å²) in [5.74, 6) is -0.0134. The Balaban J connectivity index is 1.73. The number of hydrogen-bond acceptors (Lipinski definition) is 4. The number of unbranched alkanes of at least 4 members (excludes halogenated alkanes) is 1. The van der Waals surface area contributed by atoms with Gasteiger partial charge in [0.1, 0.15) is 0 Å². The molecule has 2 heterocycles. The van der Waals surface area contributed by atoms with Crippen LogP contribution in [-0.4, -0.2) is 20.6 Å². The average molecular weight is 398 g/mol. The van der Waals surface area contributed by atoms with Gasteiger partial charge in [-0.15, -0.1) is 0 Å². The molecule has 4 aromatic rings. The van der Waals surface area contributed by atoms with Crippen LogP contribution in [0.5, 0.6) is 0 Å². The molecule has 0 aliphatic heterocycles. The SMILES string of the molecule is CCCCc1ccc(C(=O)Nn2c(-c3ccncc3)nc3ccccc3c2=O)cc1. The van der Waals surface area contributed by atoms with Crippen LogP contribution in [0.2, 0.25) is 0 Å². The number of aryl methyl sites for hydroxylation is 1. The molecular weight excluding hydrogens is 376 g/mol. The van der Waals surface area contributed by atoms with Crippen molar-refractivity contribution in [1.82, 2.24) is 14.6 Å². The lowest BCUT2D eigenvalue weighted by Gasteiger charge is -2.14. The summed E-state index contributed by atoms with van der Waals surface area (Å²) in [6, 6.07) is 18.1. The first-order chi connectivity index (χ1) is 14.7. The molecule has 0 radical (unpaired) electrons. The minimum atomic E-state index is -0.369. The fourth-order valence-electron chi connectivity index (χ4n) is 3.30. The van der Waals surface area contributed by atoms with Gasteiger partial charge in [-0.3, -0.25) is 20.0 Å². The number of amides is 1. The van der Waals surface area contributed by atoms with E-state index in [1.807, 2.05) is 18.2 Å². The maximum atomic E-state index is 13.2. The van der Waals surface area contributed by atoms with Crippen molar-refractivity contribution < 1.29 is 4.79 Å². The minimum absolute atomic E-state index is 0.333. The quantitative estimate of drug-likeness (QED) is 0.528. The van der Waals surface area contributed by atoms with Gasteiger partial charge in [0.15, 0.2) is 5.82 Å². The second kappa shape index (κ2) is 8.69. The zero-order valence-electron chi connectivity index (χ0n) is 16.7. The van der Waals surface area contributed by atoms with Crippen LogP contribution in [0.4, 0.5) is 0 Å². The topological polar surface area (TPSA) is 76.9 Å². The highest BCUT2D eigenvalue weighted by Crippen LogP contribution is 2.17. The molecular formula is C24H22N4O2. The summed E-state index contributed by atoms with van der Waals surface area (Å²) in [5.41, 5.74) is 5.32. The van der Waals surface area contributed by atoms with Crippen molar-refractivity contribution >= 4 is 16.8 Å². The van der Waals surface area contributed by atoms with Crippen molar-refractivity contribution in [2.45, 2.75) is 26.2 Å². The predicted octanol–water partition coefficient (Wildman–Crippen LogP) is 4.19. The summed E-state index contributed by atoms with van der Waals surface area (Å²) in [6.45, 7) is 2.15. The standard InChI is InChI=1S/C24H22N4O2/c1-2-3-6-17-9-11-19(12-10-17)23(29)27-28-22(18-13-15-25-16-14-18)26-21-8-5-4-7-20(21)24(28)30/h4-5,7-16H,2-3,6H2,1H3,(H,27,29). The predicted molar refractivity (Wildman–Crippen MR) is 118 cm³/mol. The summed E-state index contributed by atoms with van der Waals surface area (Å²) in [6.07, 6.45) is 6.46. The van der Waals surface area contributed by atoms with Gasteiger partial charge in [0.25, 0.3) is 11.5 Å². The van der Waals surface area contributed by atoms with Crippen LogP contribution in [0.3, 0.4) is 0 Å². The van der Waals surface area contributed by atoms with Gasteiger partial charge in [-0.2, -0.15) is 4.68 Å². The van der Waals surface area contributed by atoms with E-state index in [0.717, 1.165) is 19.3 Å². The third-order valence-corrected chi connectivity index (χ3v) is 4.96. The Bertz CT molecular complexity index is 1230. The smallest absolute Gasteiger partial charge is 0.267 e. The average Bonchev–Trinajstić information content (AvgIpc) is 2.80. The first-order valence-electron chi connectivity index (χ1n) is 10.00. The lowest BCUT2D eigenvalue weighted by Crippen LogP contribution is -2.35. The van der Waals surface area contributed by atoms with E-state index in [9.17, 15) is 9.59 Å². The molecule has 150 valence electrons. The fraction of sp³-hybridized carbons (Fsp3) is 0.167. The summed E-state index contributed by atoms with van der Waals surface area (Å²) < 4.78 is 1.21. The van der Waals surface area contributed by atoms with Crippen molar-refractivity contribution in [3.63, 3.8) is 0 Å².